The Morgan fingerprint density at radius 1 is 1.00 bits per heavy atom. The van der Waals surface area contributed by atoms with Gasteiger partial charge in [0.05, 0.1) is 6.61 Å². The number of unbranched alkanes of at least 4 members (excludes halogenated alkanes) is 5. The van der Waals surface area contributed by atoms with Crippen LogP contribution in [0.1, 0.15) is 45.4 Å². The van der Waals surface area contributed by atoms with Crippen molar-refractivity contribution < 1.29 is 31.5 Å². The molecule has 0 rings (SSSR count). The van der Waals surface area contributed by atoms with E-state index in [0.717, 1.165) is 32.1 Å². The summed E-state index contributed by atoms with van der Waals surface area (Å²) in [5, 5.41) is 0. The predicted molar refractivity (Wildman–Crippen MR) is 64.5 cm³/mol. The zero-order valence-electron chi connectivity index (χ0n) is 11.4. The molecule has 7 heteroatoms. The van der Waals surface area contributed by atoms with E-state index in [4.69, 9.17) is 0 Å². The molecule has 0 aliphatic rings. The number of carbonyl (C=O) groups is 1. The Kier molecular flexibility index (Phi) is 7.75. The molecule has 0 aromatic rings. The number of carbonyl (C=O) groups excluding carboxylic acids is 1. The summed E-state index contributed by atoms with van der Waals surface area (Å²) in [4.78, 5) is 11.1. The fourth-order valence-electron chi connectivity index (χ4n) is 1.43. The van der Waals surface area contributed by atoms with E-state index in [1.807, 2.05) is 6.92 Å². The monoisotopic (exact) mass is 302 g/mol. The van der Waals surface area contributed by atoms with Gasteiger partial charge in [-0.3, -0.25) is 0 Å². The summed E-state index contributed by atoms with van der Waals surface area (Å²) in [5.74, 6) is -6.97. The van der Waals surface area contributed by atoms with Crippen molar-refractivity contribution in [2.24, 2.45) is 0 Å². The molecule has 0 aliphatic carbocycles. The first-order chi connectivity index (χ1) is 9.14. The zero-order chi connectivity index (χ0) is 15.8. The molecule has 0 N–H and O–H groups in total. The molecule has 0 aromatic carbocycles. The van der Waals surface area contributed by atoms with E-state index in [9.17, 15) is 26.7 Å². The predicted octanol–water partition coefficient (Wildman–Crippen LogP) is 4.64. The van der Waals surface area contributed by atoms with Crippen LogP contribution >= 0.6 is 0 Å². The van der Waals surface area contributed by atoms with Crippen LogP contribution in [-0.4, -0.2) is 24.7 Å². The third-order valence-corrected chi connectivity index (χ3v) is 2.71. The molecule has 0 saturated heterocycles. The van der Waals surface area contributed by atoms with Crippen molar-refractivity contribution in [2.45, 2.75) is 57.5 Å². The number of esters is 1. The van der Waals surface area contributed by atoms with Gasteiger partial charge in [0.15, 0.2) is 0 Å². The van der Waals surface area contributed by atoms with Crippen LogP contribution in [0.5, 0.6) is 0 Å². The fourth-order valence-corrected chi connectivity index (χ4v) is 1.43. The van der Waals surface area contributed by atoms with Gasteiger partial charge in [-0.2, -0.15) is 22.0 Å². The van der Waals surface area contributed by atoms with Crippen LogP contribution in [0.4, 0.5) is 22.0 Å². The number of ether oxygens (including phenoxy) is 1. The Balaban J connectivity index is 4.02. The van der Waals surface area contributed by atoms with Crippen molar-refractivity contribution >= 4 is 5.97 Å². The number of halogens is 5. The van der Waals surface area contributed by atoms with Crippen LogP contribution in [0.2, 0.25) is 0 Å². The van der Waals surface area contributed by atoms with Crippen molar-refractivity contribution in [1.82, 2.24) is 0 Å². The third kappa shape index (κ3) is 5.88. The van der Waals surface area contributed by atoms with Crippen molar-refractivity contribution in [1.29, 1.82) is 0 Å². The van der Waals surface area contributed by atoms with Gasteiger partial charge in [-0.25, -0.2) is 4.79 Å². The van der Waals surface area contributed by atoms with Crippen molar-refractivity contribution in [3.63, 3.8) is 0 Å². The van der Waals surface area contributed by atoms with Crippen LogP contribution in [-0.2, 0) is 9.53 Å². The lowest BCUT2D eigenvalue weighted by atomic mass is 10.1. The highest BCUT2D eigenvalue weighted by Crippen LogP contribution is 2.40. The van der Waals surface area contributed by atoms with Gasteiger partial charge in [-0.1, -0.05) is 45.6 Å². The van der Waals surface area contributed by atoms with Crippen LogP contribution in [0.3, 0.4) is 0 Å². The Bertz CT molecular complexity index is 323. The summed E-state index contributed by atoms with van der Waals surface area (Å²) in [7, 11) is 0. The van der Waals surface area contributed by atoms with E-state index in [0.29, 0.717) is 6.42 Å². The van der Waals surface area contributed by atoms with E-state index >= 15 is 0 Å². The van der Waals surface area contributed by atoms with Crippen LogP contribution < -0.4 is 0 Å². The summed E-state index contributed by atoms with van der Waals surface area (Å²) in [5.41, 5.74) is -1.88. The molecular formula is C13H19F5O2. The second kappa shape index (κ2) is 8.21. The molecule has 0 aliphatic heterocycles. The standard InChI is InChI=1S/C13H19F5O2/c1-3-4-5-6-7-8-9-20-11(19)10(2)12(14,15)13(16,17)18/h2-9H2,1H3. The van der Waals surface area contributed by atoms with Gasteiger partial charge in [0.25, 0.3) is 0 Å². The molecule has 0 bridgehead atoms. The third-order valence-electron chi connectivity index (χ3n) is 2.71. The first kappa shape index (κ1) is 18.9. The molecule has 0 amide bonds. The number of alkyl halides is 5. The van der Waals surface area contributed by atoms with Gasteiger partial charge < -0.3 is 4.74 Å². The highest BCUT2D eigenvalue weighted by atomic mass is 19.4. The maximum absolute atomic E-state index is 12.8. The molecule has 118 valence electrons. The van der Waals surface area contributed by atoms with Gasteiger partial charge in [0.1, 0.15) is 5.57 Å². The van der Waals surface area contributed by atoms with E-state index < -0.39 is 23.6 Å². The lowest BCUT2D eigenvalue weighted by molar-refractivity contribution is -0.265. The Morgan fingerprint density at radius 2 is 1.50 bits per heavy atom. The van der Waals surface area contributed by atoms with E-state index in [2.05, 4.69) is 11.3 Å². The van der Waals surface area contributed by atoms with Crippen LogP contribution in [0, 0.1) is 0 Å². The molecule has 2 nitrogen and oxygen atoms in total. The SMILES string of the molecule is C=C(C(=O)OCCCCCCCC)C(F)(F)C(F)(F)F. The molecular weight excluding hydrogens is 283 g/mol. The average molecular weight is 302 g/mol. The Hall–Kier alpha value is -1.14. The van der Waals surface area contributed by atoms with Crippen molar-refractivity contribution in [2.75, 3.05) is 6.61 Å². The normalized spacial score (nSPS) is 12.3. The van der Waals surface area contributed by atoms with E-state index in [-0.39, 0.29) is 6.61 Å². The van der Waals surface area contributed by atoms with Gasteiger partial charge in [-0.05, 0) is 6.42 Å². The molecule has 0 aromatic heterocycles. The largest absolute Gasteiger partial charge is 0.462 e. The molecule has 0 spiro atoms. The highest BCUT2D eigenvalue weighted by molar-refractivity contribution is 5.89. The summed E-state index contributed by atoms with van der Waals surface area (Å²) in [6, 6.07) is 0. The zero-order valence-corrected chi connectivity index (χ0v) is 11.4. The molecule has 0 unspecified atom stereocenters. The lowest BCUT2D eigenvalue weighted by Crippen LogP contribution is -2.41. The number of hydrogen-bond donors (Lipinski definition) is 0. The van der Waals surface area contributed by atoms with Gasteiger partial charge in [-0.15, -0.1) is 0 Å². The summed E-state index contributed by atoms with van der Waals surface area (Å²) in [6.45, 7) is 4.35. The maximum Gasteiger partial charge on any atom is 0.458 e. The number of rotatable bonds is 9. The van der Waals surface area contributed by atoms with E-state index in [1.165, 1.54) is 0 Å². The molecule has 0 saturated carbocycles. The summed E-state index contributed by atoms with van der Waals surface area (Å²) >= 11 is 0. The minimum Gasteiger partial charge on any atom is -0.462 e. The van der Waals surface area contributed by atoms with Crippen molar-refractivity contribution in [3.05, 3.63) is 12.2 Å². The fraction of sp³-hybridized carbons (Fsp3) is 0.769. The smallest absolute Gasteiger partial charge is 0.458 e. The molecule has 20 heavy (non-hydrogen) atoms. The van der Waals surface area contributed by atoms with E-state index in [1.54, 1.807) is 0 Å². The first-order valence-corrected chi connectivity index (χ1v) is 6.45. The molecule has 0 radical (unpaired) electrons. The molecule has 0 heterocycles. The van der Waals surface area contributed by atoms with Crippen LogP contribution in [0.25, 0.3) is 0 Å². The summed E-state index contributed by atoms with van der Waals surface area (Å²) in [6.07, 6.45) is -0.608. The van der Waals surface area contributed by atoms with Gasteiger partial charge in [0, 0.05) is 0 Å². The van der Waals surface area contributed by atoms with Crippen LogP contribution in [0.15, 0.2) is 12.2 Å². The summed E-state index contributed by atoms with van der Waals surface area (Å²) < 4.78 is 65.9. The second-order valence-corrected chi connectivity index (χ2v) is 4.45. The quantitative estimate of drug-likeness (QED) is 0.268. The second-order valence-electron chi connectivity index (χ2n) is 4.45. The Morgan fingerprint density at radius 3 is 2.00 bits per heavy atom. The molecule has 0 fully saturated rings. The topological polar surface area (TPSA) is 26.3 Å². The van der Waals surface area contributed by atoms with Gasteiger partial charge in [0.2, 0.25) is 0 Å². The maximum atomic E-state index is 12.8. The van der Waals surface area contributed by atoms with Gasteiger partial charge >= 0.3 is 18.1 Å². The molecule has 0 atom stereocenters. The minimum absolute atomic E-state index is 0.183. The number of hydrogen-bond acceptors (Lipinski definition) is 2. The first-order valence-electron chi connectivity index (χ1n) is 6.45. The minimum atomic E-state index is -5.84. The van der Waals surface area contributed by atoms with Crippen molar-refractivity contribution in [3.8, 4) is 0 Å². The average Bonchev–Trinajstić information content (AvgIpc) is 2.35. The highest BCUT2D eigenvalue weighted by Gasteiger charge is 2.61. The lowest BCUT2D eigenvalue weighted by Gasteiger charge is -2.20. The Labute approximate surface area is 115 Å².